The molecule has 2 aliphatic rings. The maximum atomic E-state index is 11.1. The third-order valence-electron chi connectivity index (χ3n) is 5.37. The first-order chi connectivity index (χ1) is 9.60. The van der Waals surface area contributed by atoms with Crippen LogP contribution in [0.15, 0.2) is 18.2 Å². The number of nitrogens with zero attached hydrogens (tertiary/aromatic N) is 1. The highest BCUT2D eigenvalue weighted by Crippen LogP contribution is 2.41. The number of likely N-dealkylation sites (N-methyl/N-ethyl adjacent to an activating group) is 1. The second-order valence-corrected chi connectivity index (χ2v) is 6.90. The molecule has 1 N–H and O–H groups in total. The molecule has 2 aliphatic carbocycles. The van der Waals surface area contributed by atoms with Crippen molar-refractivity contribution in [2.45, 2.75) is 63.0 Å². The Morgan fingerprint density at radius 1 is 1.14 bits per heavy atom. The fraction of sp³-hybridized carbons (Fsp3) is 0.667. The molecule has 0 unspecified atom stereocenters. The minimum absolute atomic E-state index is 0. The number of aliphatic hydroxyl groups is 1. The Morgan fingerprint density at radius 2 is 1.86 bits per heavy atom. The number of benzene rings is 1. The van der Waals surface area contributed by atoms with E-state index in [1.165, 1.54) is 29.5 Å². The second-order valence-electron chi connectivity index (χ2n) is 6.90. The summed E-state index contributed by atoms with van der Waals surface area (Å²) in [5, 5.41) is 11.1. The van der Waals surface area contributed by atoms with E-state index in [-0.39, 0.29) is 17.0 Å². The Kier molecular flexibility index (Phi) is 5.50. The first-order valence-electron chi connectivity index (χ1n) is 8.10. The Hall–Kier alpha value is -0.380. The van der Waals surface area contributed by atoms with Gasteiger partial charge < -0.3 is 10.0 Å². The summed E-state index contributed by atoms with van der Waals surface area (Å²) in [6, 6.07) is 7.21. The number of aryl methyl sites for hydroxylation is 1. The largest absolute Gasteiger partial charge is 0.385 e. The van der Waals surface area contributed by atoms with Crippen LogP contribution in [0.1, 0.15) is 55.2 Å². The van der Waals surface area contributed by atoms with Crippen LogP contribution in [0.3, 0.4) is 0 Å². The fourth-order valence-electron chi connectivity index (χ4n) is 4.05. The lowest BCUT2D eigenvalue weighted by Gasteiger charge is -2.38. The van der Waals surface area contributed by atoms with Crippen LogP contribution in [-0.4, -0.2) is 30.1 Å². The molecule has 1 atom stereocenters. The lowest BCUT2D eigenvalue weighted by Crippen LogP contribution is -2.36. The smallest absolute Gasteiger partial charge is 0.0899 e. The normalized spacial score (nSPS) is 24.3. The summed E-state index contributed by atoms with van der Waals surface area (Å²) in [6.07, 6.45) is 8.98. The molecule has 0 bridgehead atoms. The Labute approximate surface area is 139 Å². The third kappa shape index (κ3) is 3.35. The highest BCUT2D eigenvalue weighted by atomic mass is 79.9. The summed E-state index contributed by atoms with van der Waals surface area (Å²) >= 11 is 0. The summed E-state index contributed by atoms with van der Waals surface area (Å²) in [5.41, 5.74) is 3.60. The number of halogens is 1. The van der Waals surface area contributed by atoms with Gasteiger partial charge in [-0.25, -0.2) is 0 Å². The van der Waals surface area contributed by atoms with Crippen molar-refractivity contribution >= 4 is 17.0 Å². The van der Waals surface area contributed by atoms with E-state index < -0.39 is 5.60 Å². The first kappa shape index (κ1) is 17.0. The van der Waals surface area contributed by atoms with Crippen LogP contribution in [-0.2, 0) is 18.4 Å². The monoisotopic (exact) mass is 353 g/mol. The van der Waals surface area contributed by atoms with Crippen LogP contribution in [0.2, 0.25) is 0 Å². The first-order valence-corrected chi connectivity index (χ1v) is 8.10. The third-order valence-corrected chi connectivity index (χ3v) is 5.37. The molecule has 0 aliphatic heterocycles. The van der Waals surface area contributed by atoms with Crippen molar-refractivity contribution in [1.82, 2.24) is 4.90 Å². The molecule has 0 aromatic heterocycles. The Balaban J connectivity index is 0.00000161. The van der Waals surface area contributed by atoms with Crippen LogP contribution in [0.4, 0.5) is 0 Å². The van der Waals surface area contributed by atoms with Crippen molar-refractivity contribution in [3.05, 3.63) is 34.9 Å². The van der Waals surface area contributed by atoms with Crippen LogP contribution in [0.5, 0.6) is 0 Å². The average Bonchev–Trinajstić information content (AvgIpc) is 2.46. The summed E-state index contributed by atoms with van der Waals surface area (Å²) in [6.45, 7) is 0. The molecule has 0 heterocycles. The molecule has 2 nitrogen and oxygen atoms in total. The number of rotatable bonds is 2. The fourth-order valence-corrected chi connectivity index (χ4v) is 4.05. The maximum Gasteiger partial charge on any atom is 0.0899 e. The van der Waals surface area contributed by atoms with Gasteiger partial charge in [0.2, 0.25) is 0 Å². The van der Waals surface area contributed by atoms with E-state index in [4.69, 9.17) is 0 Å². The van der Waals surface area contributed by atoms with Crippen molar-refractivity contribution in [2.75, 3.05) is 14.1 Å². The van der Waals surface area contributed by atoms with Gasteiger partial charge in [-0.05, 0) is 62.9 Å². The van der Waals surface area contributed by atoms with E-state index >= 15 is 0 Å². The van der Waals surface area contributed by atoms with E-state index in [0.717, 1.165) is 38.5 Å². The SMILES string of the molecule is Br.CN(C)[C@@H]1CCc2cccc(C3(O)CCCCC3)c2C1. The Bertz CT molecular complexity index is 480. The van der Waals surface area contributed by atoms with E-state index in [1.54, 1.807) is 0 Å². The molecule has 21 heavy (non-hydrogen) atoms. The van der Waals surface area contributed by atoms with Gasteiger partial charge in [0, 0.05) is 6.04 Å². The van der Waals surface area contributed by atoms with Crippen LogP contribution < -0.4 is 0 Å². The lowest BCUT2D eigenvalue weighted by molar-refractivity contribution is -0.00186. The molecule has 0 spiro atoms. The lowest BCUT2D eigenvalue weighted by atomic mass is 9.74. The average molecular weight is 354 g/mol. The Morgan fingerprint density at radius 3 is 2.52 bits per heavy atom. The molecular weight excluding hydrogens is 326 g/mol. The van der Waals surface area contributed by atoms with E-state index in [9.17, 15) is 5.11 Å². The van der Waals surface area contributed by atoms with Crippen LogP contribution >= 0.6 is 17.0 Å². The quantitative estimate of drug-likeness (QED) is 0.872. The minimum Gasteiger partial charge on any atom is -0.385 e. The van der Waals surface area contributed by atoms with Gasteiger partial charge in [0.25, 0.3) is 0 Å². The molecule has 1 saturated carbocycles. The number of fused-ring (bicyclic) bond motifs is 1. The zero-order valence-corrected chi connectivity index (χ0v) is 15.0. The molecule has 0 radical (unpaired) electrons. The number of hydrogen-bond donors (Lipinski definition) is 1. The highest BCUT2D eigenvalue weighted by molar-refractivity contribution is 8.93. The van der Waals surface area contributed by atoms with Gasteiger partial charge >= 0.3 is 0 Å². The van der Waals surface area contributed by atoms with Gasteiger partial charge in [-0.2, -0.15) is 0 Å². The molecule has 1 aromatic rings. The van der Waals surface area contributed by atoms with Crippen molar-refractivity contribution in [3.63, 3.8) is 0 Å². The predicted molar refractivity (Wildman–Crippen MR) is 93.2 cm³/mol. The van der Waals surface area contributed by atoms with E-state index in [0.29, 0.717) is 6.04 Å². The molecule has 3 heteroatoms. The summed E-state index contributed by atoms with van der Waals surface area (Å²) in [4.78, 5) is 2.34. The van der Waals surface area contributed by atoms with Crippen LogP contribution in [0, 0.1) is 0 Å². The van der Waals surface area contributed by atoms with Crippen molar-refractivity contribution in [3.8, 4) is 0 Å². The van der Waals surface area contributed by atoms with E-state index in [1.807, 2.05) is 0 Å². The van der Waals surface area contributed by atoms with Crippen molar-refractivity contribution in [1.29, 1.82) is 0 Å². The van der Waals surface area contributed by atoms with Gasteiger partial charge in [0.15, 0.2) is 0 Å². The molecular formula is C18H28BrNO. The molecule has 0 saturated heterocycles. The van der Waals surface area contributed by atoms with Gasteiger partial charge in [0.05, 0.1) is 5.60 Å². The molecule has 1 fully saturated rings. The van der Waals surface area contributed by atoms with Gasteiger partial charge in [0.1, 0.15) is 0 Å². The zero-order chi connectivity index (χ0) is 14.2. The number of hydrogen-bond acceptors (Lipinski definition) is 2. The van der Waals surface area contributed by atoms with Crippen molar-refractivity contribution < 1.29 is 5.11 Å². The molecule has 118 valence electrons. The topological polar surface area (TPSA) is 23.5 Å². The second kappa shape index (κ2) is 6.80. The standard InChI is InChI=1S/C18H27NO.BrH/c1-19(2)15-10-9-14-7-6-8-17(16(14)13-15)18(20)11-4-3-5-12-18;/h6-8,15,20H,3-5,9-13H2,1-2H3;1H/t15-;/m1./s1. The van der Waals surface area contributed by atoms with E-state index in [2.05, 4.69) is 37.2 Å². The van der Waals surface area contributed by atoms with Crippen LogP contribution in [0.25, 0.3) is 0 Å². The highest BCUT2D eigenvalue weighted by Gasteiger charge is 2.35. The van der Waals surface area contributed by atoms with Gasteiger partial charge in [-0.1, -0.05) is 37.5 Å². The zero-order valence-electron chi connectivity index (χ0n) is 13.3. The summed E-state index contributed by atoms with van der Waals surface area (Å²) in [7, 11) is 4.35. The molecule has 0 amide bonds. The molecule has 3 rings (SSSR count). The van der Waals surface area contributed by atoms with Gasteiger partial charge in [-0.3, -0.25) is 0 Å². The maximum absolute atomic E-state index is 11.1. The van der Waals surface area contributed by atoms with Gasteiger partial charge in [-0.15, -0.1) is 17.0 Å². The minimum atomic E-state index is -0.558. The molecule has 1 aromatic carbocycles. The summed E-state index contributed by atoms with van der Waals surface area (Å²) < 4.78 is 0. The van der Waals surface area contributed by atoms with Crippen molar-refractivity contribution in [2.24, 2.45) is 0 Å². The summed E-state index contributed by atoms with van der Waals surface area (Å²) in [5.74, 6) is 0. The predicted octanol–water partition coefficient (Wildman–Crippen LogP) is 3.84.